The standard InChI is InChI=1S/C44H24S.C16H11BO2.C12H6Br2S.H/c1-3-25-7-9-29-11-17-33(35-19-13-27(5-1)41(25)43(29)35)31-15-21-39-37(23-31)38-24-32(16-22-40(38)45-39)34-18-12-30-10-8-26-4-2-6-28-14-20-36(34)44(30)42(26)28;18-17(19)14-9-7-12-5-4-10-2-1-3-11-6-8-13(14)16(12)15(10)11;13-7-1-3-11-9(5-7)10-6-8(14)2-4-12(10)15-11;/h1-24H;1-9,18-19H;1-6H;/q;;;-1. The van der Waals surface area contributed by atoms with Gasteiger partial charge in [-0.2, -0.15) is 0 Å². The molecule has 2 N–H and O–H groups in total. The molecule has 7 heteroatoms. The van der Waals surface area contributed by atoms with Gasteiger partial charge in [-0.15, -0.1) is 22.7 Å². The minimum absolute atomic E-state index is 0. The first-order valence-corrected chi connectivity index (χ1v) is 29.6. The van der Waals surface area contributed by atoms with Crippen LogP contribution >= 0.6 is 54.5 Å². The molecule has 0 aliphatic heterocycles. The van der Waals surface area contributed by atoms with Crippen molar-refractivity contribution < 1.29 is 11.5 Å². The molecule has 0 aliphatic carbocycles. The van der Waals surface area contributed by atoms with E-state index in [1.807, 2.05) is 46.9 Å². The Hall–Kier alpha value is -7.98. The minimum Gasteiger partial charge on any atom is -1.00 e. The maximum Gasteiger partial charge on any atom is 0.489 e. The molecular weight excluding hydrogens is 1130 g/mol. The van der Waals surface area contributed by atoms with Crippen LogP contribution in [0.1, 0.15) is 1.43 Å². The number of hydrogen-bond donors (Lipinski definition) is 2. The molecule has 16 aromatic carbocycles. The predicted molar refractivity (Wildman–Crippen MR) is 353 cm³/mol. The molecule has 0 radical (unpaired) electrons. The molecule has 0 fully saturated rings. The molecule has 18 aromatic rings. The molecule has 372 valence electrons. The number of halogens is 2. The Morgan fingerprint density at radius 1 is 0.278 bits per heavy atom. The second kappa shape index (κ2) is 18.3. The molecule has 18 rings (SSSR count). The van der Waals surface area contributed by atoms with Gasteiger partial charge >= 0.3 is 7.12 Å². The third-order valence-electron chi connectivity index (χ3n) is 16.4. The number of fused-ring (bicyclic) bond motifs is 6. The van der Waals surface area contributed by atoms with Crippen molar-refractivity contribution in [3.8, 4) is 22.3 Å². The highest BCUT2D eigenvalue weighted by Crippen LogP contribution is 2.45. The summed E-state index contributed by atoms with van der Waals surface area (Å²) in [6.07, 6.45) is 0. The Morgan fingerprint density at radius 2 is 0.582 bits per heavy atom. The third-order valence-corrected chi connectivity index (χ3v) is 19.7. The molecule has 2 aromatic heterocycles. The lowest BCUT2D eigenvalue weighted by molar-refractivity contribution is 0.426. The Bertz CT molecular complexity index is 5170. The number of thiophene rings is 2. The second-order valence-electron chi connectivity index (χ2n) is 20.7. The van der Waals surface area contributed by atoms with Gasteiger partial charge in [-0.3, -0.25) is 0 Å². The maximum absolute atomic E-state index is 9.51. The quantitative estimate of drug-likeness (QED) is 0.137. The SMILES string of the molecule is Brc1ccc2sc3ccc(Br)cc3c2c1.OB(O)c1ccc2ccc3cccc4ccc1c2c34.[H-].c1cc2ccc3ccc(-c4ccc5sc6ccc(-c7ccc8ccc9cccc%10ccc7c8c9%10)cc6c5c4)c4ccc(c1)c2c34. The van der Waals surface area contributed by atoms with Crippen molar-refractivity contribution >= 4 is 204 Å². The van der Waals surface area contributed by atoms with Gasteiger partial charge in [0.1, 0.15) is 0 Å². The van der Waals surface area contributed by atoms with E-state index in [0.29, 0.717) is 5.46 Å². The fourth-order valence-electron chi connectivity index (χ4n) is 12.8. The summed E-state index contributed by atoms with van der Waals surface area (Å²) in [5.74, 6) is 0. The van der Waals surface area contributed by atoms with Crippen LogP contribution in [-0.4, -0.2) is 17.2 Å². The van der Waals surface area contributed by atoms with Gasteiger partial charge in [-0.25, -0.2) is 0 Å². The van der Waals surface area contributed by atoms with Crippen molar-refractivity contribution in [1.29, 1.82) is 0 Å². The molecule has 79 heavy (non-hydrogen) atoms. The Morgan fingerprint density at radius 3 is 0.975 bits per heavy atom. The van der Waals surface area contributed by atoms with Crippen molar-refractivity contribution in [2.24, 2.45) is 0 Å². The van der Waals surface area contributed by atoms with Crippen molar-refractivity contribution in [3.05, 3.63) is 246 Å². The minimum atomic E-state index is -1.44. The zero-order valence-electron chi connectivity index (χ0n) is 43.1. The first kappa shape index (κ1) is 47.1. The van der Waals surface area contributed by atoms with Gasteiger partial charge in [0.15, 0.2) is 0 Å². The van der Waals surface area contributed by atoms with Gasteiger partial charge < -0.3 is 11.5 Å². The first-order valence-electron chi connectivity index (χ1n) is 26.4. The fourth-order valence-corrected chi connectivity index (χ4v) is 15.6. The van der Waals surface area contributed by atoms with Crippen LogP contribution in [0.2, 0.25) is 0 Å². The topological polar surface area (TPSA) is 40.5 Å². The van der Waals surface area contributed by atoms with Gasteiger partial charge in [-0.05, 0) is 185 Å². The molecule has 2 heterocycles. The van der Waals surface area contributed by atoms with Crippen LogP contribution in [0.25, 0.3) is 160 Å². The van der Waals surface area contributed by atoms with Crippen molar-refractivity contribution in [1.82, 2.24) is 0 Å². The van der Waals surface area contributed by atoms with Gasteiger partial charge in [0.2, 0.25) is 0 Å². The van der Waals surface area contributed by atoms with Crippen LogP contribution in [0, 0.1) is 0 Å². The molecule has 0 atom stereocenters. The number of benzene rings is 16. The largest absolute Gasteiger partial charge is 1.00 e. The molecule has 0 bridgehead atoms. The summed E-state index contributed by atoms with van der Waals surface area (Å²) < 4.78 is 7.61. The molecule has 0 amide bonds. The van der Waals surface area contributed by atoms with E-state index in [9.17, 15) is 10.0 Å². The highest BCUT2D eigenvalue weighted by molar-refractivity contribution is 9.10. The second-order valence-corrected chi connectivity index (χ2v) is 24.7. The molecule has 2 nitrogen and oxygen atoms in total. The molecule has 0 unspecified atom stereocenters. The zero-order valence-corrected chi connectivity index (χ0v) is 46.9. The van der Waals surface area contributed by atoms with E-state index >= 15 is 0 Å². The van der Waals surface area contributed by atoms with Gasteiger partial charge in [0, 0.05) is 49.3 Å². The summed E-state index contributed by atoms with van der Waals surface area (Å²) in [6, 6.07) is 85.9. The zero-order chi connectivity index (χ0) is 52.6. The van der Waals surface area contributed by atoms with E-state index in [1.54, 1.807) is 6.07 Å². The molecule has 0 saturated heterocycles. The predicted octanol–water partition coefficient (Wildman–Crippen LogP) is 21.1. The summed E-state index contributed by atoms with van der Waals surface area (Å²) in [5.41, 5.74) is 5.70. The van der Waals surface area contributed by atoms with E-state index in [-0.39, 0.29) is 1.43 Å². The highest BCUT2D eigenvalue weighted by atomic mass is 79.9. The van der Waals surface area contributed by atoms with Crippen LogP contribution in [0.4, 0.5) is 0 Å². The van der Waals surface area contributed by atoms with E-state index in [1.165, 1.54) is 143 Å². The van der Waals surface area contributed by atoms with Crippen molar-refractivity contribution in [2.45, 2.75) is 0 Å². The van der Waals surface area contributed by atoms with Gasteiger partial charge in [0.25, 0.3) is 0 Å². The van der Waals surface area contributed by atoms with Gasteiger partial charge in [-0.1, -0.05) is 208 Å². The lowest BCUT2D eigenvalue weighted by Crippen LogP contribution is -2.30. The number of rotatable bonds is 3. The van der Waals surface area contributed by atoms with E-state index in [2.05, 4.69) is 238 Å². The summed E-state index contributed by atoms with van der Waals surface area (Å²) >= 11 is 10.8. The Kier molecular flexibility index (Phi) is 10.9. The monoisotopic (exact) mass is 1170 g/mol. The average Bonchev–Trinajstić information content (AvgIpc) is 4.05. The smallest absolute Gasteiger partial charge is 0.489 e. The van der Waals surface area contributed by atoms with Crippen LogP contribution in [-0.2, 0) is 0 Å². The lowest BCUT2D eigenvalue weighted by Gasteiger charge is -2.14. The normalized spacial score (nSPS) is 12.1. The molecule has 0 saturated carbocycles. The van der Waals surface area contributed by atoms with E-state index in [4.69, 9.17) is 0 Å². The Labute approximate surface area is 479 Å². The van der Waals surface area contributed by atoms with Crippen LogP contribution in [0.5, 0.6) is 0 Å². The van der Waals surface area contributed by atoms with Crippen LogP contribution < -0.4 is 5.46 Å². The Balaban J connectivity index is 0.000000129. The van der Waals surface area contributed by atoms with E-state index in [0.717, 1.165) is 25.1 Å². The van der Waals surface area contributed by atoms with Crippen molar-refractivity contribution in [3.63, 3.8) is 0 Å². The summed E-state index contributed by atoms with van der Waals surface area (Å²) in [7, 11) is -1.44. The van der Waals surface area contributed by atoms with Crippen molar-refractivity contribution in [2.75, 3.05) is 0 Å². The molecule has 0 aliphatic rings. The lowest BCUT2D eigenvalue weighted by atomic mass is 9.75. The number of hydrogen-bond acceptors (Lipinski definition) is 4. The highest BCUT2D eigenvalue weighted by Gasteiger charge is 2.19. The fraction of sp³-hybridized carbons (Fsp3) is 0. The summed E-state index contributed by atoms with van der Waals surface area (Å²) in [5, 5.41) is 47.0. The average molecular weight is 1170 g/mol. The first-order chi connectivity index (χ1) is 38.8. The molecular formula is C72H42BBr2O2S2-. The molecule has 0 spiro atoms. The third kappa shape index (κ3) is 7.56. The van der Waals surface area contributed by atoms with E-state index < -0.39 is 7.12 Å². The van der Waals surface area contributed by atoms with Crippen LogP contribution in [0.3, 0.4) is 0 Å². The van der Waals surface area contributed by atoms with Gasteiger partial charge in [0.05, 0.1) is 0 Å². The summed E-state index contributed by atoms with van der Waals surface area (Å²) in [4.78, 5) is 0. The maximum atomic E-state index is 9.51. The van der Waals surface area contributed by atoms with Crippen LogP contribution in [0.15, 0.2) is 246 Å². The summed E-state index contributed by atoms with van der Waals surface area (Å²) in [6.45, 7) is 0.